The Bertz CT molecular complexity index is 694. The van der Waals surface area contributed by atoms with Crippen molar-refractivity contribution in [1.29, 1.82) is 0 Å². The van der Waals surface area contributed by atoms with Gasteiger partial charge in [-0.25, -0.2) is 4.39 Å². The second-order valence-electron chi connectivity index (χ2n) is 5.96. The largest absolute Gasteiger partial charge is 0.457 e. The Labute approximate surface area is 183 Å². The first-order valence-electron chi connectivity index (χ1n) is 9.26. The summed E-state index contributed by atoms with van der Waals surface area (Å²) < 4.78 is 23.9. The van der Waals surface area contributed by atoms with Crippen LogP contribution >= 0.6 is 24.0 Å². The minimum absolute atomic E-state index is 0. The van der Waals surface area contributed by atoms with Crippen LogP contribution in [-0.2, 0) is 11.3 Å². The molecular formula is C21H29FIN3O2. The maximum atomic E-state index is 12.9. The van der Waals surface area contributed by atoms with Crippen LogP contribution in [0.3, 0.4) is 0 Å². The second-order valence-corrected chi connectivity index (χ2v) is 5.96. The zero-order valence-electron chi connectivity index (χ0n) is 16.4. The van der Waals surface area contributed by atoms with Gasteiger partial charge in [-0.05, 0) is 61.7 Å². The van der Waals surface area contributed by atoms with E-state index in [1.54, 1.807) is 19.2 Å². The lowest BCUT2D eigenvalue weighted by Gasteiger charge is -2.12. The SMILES string of the molecule is CCOCCCCNC(=NC)NCc1ccc(Oc2ccc(F)cc2)cc1.I. The summed E-state index contributed by atoms with van der Waals surface area (Å²) in [6.45, 7) is 5.10. The number of rotatable bonds is 10. The van der Waals surface area contributed by atoms with Gasteiger partial charge in [-0.3, -0.25) is 4.99 Å². The van der Waals surface area contributed by atoms with Crippen molar-refractivity contribution in [3.63, 3.8) is 0 Å². The maximum absolute atomic E-state index is 12.9. The molecule has 0 aliphatic carbocycles. The summed E-state index contributed by atoms with van der Waals surface area (Å²) in [7, 11) is 1.76. The van der Waals surface area contributed by atoms with Crippen molar-refractivity contribution in [3.05, 3.63) is 59.9 Å². The van der Waals surface area contributed by atoms with Gasteiger partial charge >= 0.3 is 0 Å². The molecule has 0 aromatic heterocycles. The average molecular weight is 501 g/mol. The molecule has 0 spiro atoms. The number of aliphatic imine (C=N–C) groups is 1. The highest BCUT2D eigenvalue weighted by molar-refractivity contribution is 14.0. The predicted molar refractivity (Wildman–Crippen MR) is 122 cm³/mol. The summed E-state index contributed by atoms with van der Waals surface area (Å²) in [6.07, 6.45) is 2.07. The fourth-order valence-corrected chi connectivity index (χ4v) is 2.40. The van der Waals surface area contributed by atoms with Crippen LogP contribution in [0, 0.1) is 5.82 Å². The lowest BCUT2D eigenvalue weighted by Crippen LogP contribution is -2.37. The number of hydrogen-bond acceptors (Lipinski definition) is 3. The highest BCUT2D eigenvalue weighted by atomic mass is 127. The van der Waals surface area contributed by atoms with Crippen LogP contribution in [-0.4, -0.2) is 32.8 Å². The molecule has 5 nitrogen and oxygen atoms in total. The van der Waals surface area contributed by atoms with Gasteiger partial charge < -0.3 is 20.1 Å². The summed E-state index contributed by atoms with van der Waals surface area (Å²) in [5.74, 6) is 1.82. The van der Waals surface area contributed by atoms with Crippen LogP contribution in [0.4, 0.5) is 4.39 Å². The summed E-state index contributed by atoms with van der Waals surface area (Å²) >= 11 is 0. The predicted octanol–water partition coefficient (Wildman–Crippen LogP) is 4.72. The van der Waals surface area contributed by atoms with Crippen molar-refractivity contribution < 1.29 is 13.9 Å². The van der Waals surface area contributed by atoms with Gasteiger partial charge in [0.05, 0.1) is 0 Å². The van der Waals surface area contributed by atoms with E-state index in [0.29, 0.717) is 18.0 Å². The third kappa shape index (κ3) is 9.36. The Morgan fingerprint density at radius 1 is 0.964 bits per heavy atom. The number of halogens is 2. The van der Waals surface area contributed by atoms with Crippen LogP contribution in [0.15, 0.2) is 53.5 Å². The van der Waals surface area contributed by atoms with Crippen molar-refractivity contribution in [2.45, 2.75) is 26.3 Å². The molecule has 2 aromatic rings. The molecule has 2 N–H and O–H groups in total. The van der Waals surface area contributed by atoms with E-state index in [2.05, 4.69) is 15.6 Å². The minimum Gasteiger partial charge on any atom is -0.457 e. The zero-order chi connectivity index (χ0) is 19.3. The van der Waals surface area contributed by atoms with E-state index in [0.717, 1.165) is 44.1 Å². The van der Waals surface area contributed by atoms with E-state index in [4.69, 9.17) is 9.47 Å². The van der Waals surface area contributed by atoms with Crippen molar-refractivity contribution in [2.75, 3.05) is 26.8 Å². The molecule has 0 amide bonds. The van der Waals surface area contributed by atoms with Gasteiger partial charge in [-0.2, -0.15) is 0 Å². The van der Waals surface area contributed by atoms with Crippen molar-refractivity contribution in [1.82, 2.24) is 10.6 Å². The van der Waals surface area contributed by atoms with Gasteiger partial charge in [-0.1, -0.05) is 12.1 Å². The van der Waals surface area contributed by atoms with E-state index < -0.39 is 0 Å². The fourth-order valence-electron chi connectivity index (χ4n) is 2.40. The molecule has 7 heteroatoms. The first kappa shape index (κ1) is 24.2. The summed E-state index contributed by atoms with van der Waals surface area (Å²) in [6, 6.07) is 13.7. The Kier molecular flexibility index (Phi) is 12.2. The zero-order valence-corrected chi connectivity index (χ0v) is 18.7. The Morgan fingerprint density at radius 3 is 2.21 bits per heavy atom. The lowest BCUT2D eigenvalue weighted by atomic mass is 10.2. The van der Waals surface area contributed by atoms with Crippen LogP contribution in [0.2, 0.25) is 0 Å². The van der Waals surface area contributed by atoms with E-state index in [1.807, 2.05) is 31.2 Å². The number of nitrogens with one attached hydrogen (secondary N) is 2. The molecular weight excluding hydrogens is 472 g/mol. The Morgan fingerprint density at radius 2 is 1.61 bits per heavy atom. The first-order chi connectivity index (χ1) is 13.2. The van der Waals surface area contributed by atoms with Gasteiger partial charge in [0.1, 0.15) is 17.3 Å². The third-order valence-electron chi connectivity index (χ3n) is 3.87. The van der Waals surface area contributed by atoms with Gasteiger partial charge in [0.25, 0.3) is 0 Å². The quantitative estimate of drug-likeness (QED) is 0.214. The van der Waals surface area contributed by atoms with E-state index >= 15 is 0 Å². The van der Waals surface area contributed by atoms with E-state index in [-0.39, 0.29) is 29.8 Å². The van der Waals surface area contributed by atoms with Crippen LogP contribution in [0.5, 0.6) is 11.5 Å². The van der Waals surface area contributed by atoms with Crippen LogP contribution in [0.25, 0.3) is 0 Å². The summed E-state index contributed by atoms with van der Waals surface area (Å²) in [5.41, 5.74) is 1.11. The number of ether oxygens (including phenoxy) is 2. The van der Waals surface area contributed by atoms with Gasteiger partial charge in [-0.15, -0.1) is 24.0 Å². The molecule has 0 atom stereocenters. The molecule has 0 saturated heterocycles. The van der Waals surface area contributed by atoms with Gasteiger partial charge in [0.2, 0.25) is 0 Å². The first-order valence-corrected chi connectivity index (χ1v) is 9.26. The van der Waals surface area contributed by atoms with Crippen molar-refractivity contribution in [3.8, 4) is 11.5 Å². The number of nitrogens with zero attached hydrogens (tertiary/aromatic N) is 1. The number of hydrogen-bond donors (Lipinski definition) is 2. The third-order valence-corrected chi connectivity index (χ3v) is 3.87. The molecule has 0 unspecified atom stereocenters. The standard InChI is InChI=1S/C21H28FN3O2.HI/c1-3-26-15-5-4-14-24-21(23-2)25-16-17-6-10-19(11-7-17)27-20-12-8-18(22)9-13-20;/h6-13H,3-5,14-16H2,1-2H3,(H2,23,24,25);1H. The molecule has 0 saturated carbocycles. The number of benzene rings is 2. The molecule has 154 valence electrons. The average Bonchev–Trinajstić information content (AvgIpc) is 2.70. The molecule has 2 aromatic carbocycles. The van der Waals surface area contributed by atoms with Crippen LogP contribution < -0.4 is 15.4 Å². The fraction of sp³-hybridized carbons (Fsp3) is 0.381. The molecule has 0 fully saturated rings. The molecule has 0 aliphatic rings. The van der Waals surface area contributed by atoms with E-state index in [1.165, 1.54) is 12.1 Å². The molecule has 0 heterocycles. The maximum Gasteiger partial charge on any atom is 0.191 e. The van der Waals surface area contributed by atoms with Gasteiger partial charge in [0, 0.05) is 33.4 Å². The number of guanidine groups is 1. The molecule has 28 heavy (non-hydrogen) atoms. The smallest absolute Gasteiger partial charge is 0.191 e. The Balaban J connectivity index is 0.00000392. The van der Waals surface area contributed by atoms with Crippen molar-refractivity contribution >= 4 is 29.9 Å². The molecule has 0 aliphatic heterocycles. The van der Waals surface area contributed by atoms with E-state index in [9.17, 15) is 4.39 Å². The summed E-state index contributed by atoms with van der Waals surface area (Å²) in [5, 5.41) is 6.58. The monoisotopic (exact) mass is 501 g/mol. The number of unbranched alkanes of at least 4 members (excludes halogenated alkanes) is 1. The van der Waals surface area contributed by atoms with Gasteiger partial charge in [0.15, 0.2) is 5.96 Å². The molecule has 0 bridgehead atoms. The molecule has 2 rings (SSSR count). The molecule has 0 radical (unpaired) electrons. The summed E-state index contributed by atoms with van der Waals surface area (Å²) in [4.78, 5) is 4.23. The highest BCUT2D eigenvalue weighted by Crippen LogP contribution is 2.21. The van der Waals surface area contributed by atoms with Crippen molar-refractivity contribution in [2.24, 2.45) is 4.99 Å². The van der Waals surface area contributed by atoms with Crippen LogP contribution in [0.1, 0.15) is 25.3 Å². The topological polar surface area (TPSA) is 54.9 Å². The Hall–Kier alpha value is -1.87. The highest BCUT2D eigenvalue weighted by Gasteiger charge is 2.01. The lowest BCUT2D eigenvalue weighted by molar-refractivity contribution is 0.143. The second kappa shape index (κ2) is 14.2. The normalized spacial score (nSPS) is 10.9. The minimum atomic E-state index is -0.278.